The Balaban J connectivity index is 1.80. The van der Waals surface area contributed by atoms with Crippen molar-refractivity contribution in [1.82, 2.24) is 0 Å². The number of thiophene rings is 1. The second-order valence-corrected chi connectivity index (χ2v) is 9.26. The van der Waals surface area contributed by atoms with E-state index in [1.165, 1.54) is 36.7 Å². The minimum Gasteiger partial charge on any atom is -0.493 e. The number of amides is 1. The highest BCUT2D eigenvalue weighted by atomic mass is 32.1. The summed E-state index contributed by atoms with van der Waals surface area (Å²) in [6, 6.07) is 13.2. The number of nitrogens with one attached hydrogen (secondary N) is 1. The number of aromatic carboxylic acids is 1. The fraction of sp³-hybridized carbons (Fsp3) is 0.214. The Morgan fingerprint density at radius 1 is 1.13 bits per heavy atom. The number of aryl methyl sites for hydroxylation is 1. The van der Waals surface area contributed by atoms with Crippen LogP contribution in [0.25, 0.3) is 6.08 Å². The van der Waals surface area contributed by atoms with Gasteiger partial charge in [-0.05, 0) is 67.8 Å². The zero-order valence-corrected chi connectivity index (χ0v) is 22.1. The van der Waals surface area contributed by atoms with Gasteiger partial charge < -0.3 is 24.6 Å². The summed E-state index contributed by atoms with van der Waals surface area (Å²) in [7, 11) is 1.46. The first kappa shape index (κ1) is 28.0. The number of anilines is 1. The molecule has 196 valence electrons. The van der Waals surface area contributed by atoms with Crippen LogP contribution in [0.4, 0.5) is 5.00 Å². The fourth-order valence-corrected chi connectivity index (χ4v) is 4.54. The van der Waals surface area contributed by atoms with Crippen molar-refractivity contribution >= 4 is 40.3 Å². The number of nitrogens with zero attached hydrogens (tertiary/aromatic N) is 1. The Hall–Kier alpha value is -4.62. The third-order valence-electron chi connectivity index (χ3n) is 5.52. The number of carboxylic acid groups (broad SMARTS) is 1. The summed E-state index contributed by atoms with van der Waals surface area (Å²) < 4.78 is 16.3. The van der Waals surface area contributed by atoms with Crippen LogP contribution in [0.1, 0.15) is 49.2 Å². The number of methoxy groups -OCH3 is 1. The van der Waals surface area contributed by atoms with Crippen LogP contribution >= 0.6 is 11.3 Å². The number of esters is 1. The van der Waals surface area contributed by atoms with E-state index in [1.54, 1.807) is 44.2 Å². The van der Waals surface area contributed by atoms with Crippen molar-refractivity contribution in [3.8, 4) is 17.6 Å². The monoisotopic (exact) mass is 534 g/mol. The van der Waals surface area contributed by atoms with Crippen LogP contribution in [0.5, 0.6) is 11.5 Å². The van der Waals surface area contributed by atoms with E-state index in [-0.39, 0.29) is 29.9 Å². The second-order valence-electron chi connectivity index (χ2n) is 8.04. The van der Waals surface area contributed by atoms with Gasteiger partial charge in [0.2, 0.25) is 0 Å². The molecule has 0 unspecified atom stereocenters. The van der Waals surface area contributed by atoms with Gasteiger partial charge in [0.05, 0.1) is 24.8 Å². The van der Waals surface area contributed by atoms with Crippen LogP contribution in [0.3, 0.4) is 0 Å². The fourth-order valence-electron chi connectivity index (χ4n) is 3.50. The average Bonchev–Trinajstić information content (AvgIpc) is 3.18. The first-order valence-electron chi connectivity index (χ1n) is 11.5. The second kappa shape index (κ2) is 12.6. The topological polar surface area (TPSA) is 135 Å². The number of nitriles is 1. The largest absolute Gasteiger partial charge is 0.493 e. The van der Waals surface area contributed by atoms with Gasteiger partial charge in [0, 0.05) is 4.88 Å². The van der Waals surface area contributed by atoms with E-state index in [2.05, 4.69) is 5.32 Å². The normalized spacial score (nSPS) is 10.9. The predicted molar refractivity (Wildman–Crippen MR) is 143 cm³/mol. The van der Waals surface area contributed by atoms with Gasteiger partial charge in [-0.2, -0.15) is 5.26 Å². The lowest BCUT2D eigenvalue weighted by Crippen LogP contribution is -2.16. The van der Waals surface area contributed by atoms with Gasteiger partial charge in [-0.3, -0.25) is 4.79 Å². The summed E-state index contributed by atoms with van der Waals surface area (Å²) in [5.41, 5.74) is 2.14. The molecular formula is C28H26N2O7S. The third-order valence-corrected chi connectivity index (χ3v) is 6.65. The number of carboxylic acids is 1. The van der Waals surface area contributed by atoms with Crippen molar-refractivity contribution < 1.29 is 33.7 Å². The summed E-state index contributed by atoms with van der Waals surface area (Å²) in [5, 5.41) is 21.8. The number of hydrogen-bond donors (Lipinski definition) is 2. The highest BCUT2D eigenvalue weighted by Gasteiger charge is 2.23. The van der Waals surface area contributed by atoms with Crippen LogP contribution in [-0.4, -0.2) is 36.7 Å². The molecule has 10 heteroatoms. The lowest BCUT2D eigenvalue weighted by Gasteiger charge is -2.12. The van der Waals surface area contributed by atoms with Crippen LogP contribution in [0.2, 0.25) is 0 Å². The van der Waals surface area contributed by atoms with Crippen LogP contribution in [0.15, 0.2) is 48.0 Å². The van der Waals surface area contributed by atoms with E-state index in [1.807, 2.05) is 13.0 Å². The van der Waals surface area contributed by atoms with Crippen molar-refractivity contribution in [2.24, 2.45) is 0 Å². The number of rotatable bonds is 10. The molecule has 0 aliphatic rings. The van der Waals surface area contributed by atoms with E-state index in [4.69, 9.17) is 19.3 Å². The molecule has 0 aliphatic carbocycles. The van der Waals surface area contributed by atoms with Crippen molar-refractivity contribution in [3.05, 3.63) is 80.7 Å². The molecule has 9 nitrogen and oxygen atoms in total. The molecule has 0 atom stereocenters. The minimum absolute atomic E-state index is 0.112. The lowest BCUT2D eigenvalue weighted by atomic mass is 10.1. The number of hydrogen-bond acceptors (Lipinski definition) is 8. The Labute approximate surface area is 223 Å². The maximum absolute atomic E-state index is 12.9. The summed E-state index contributed by atoms with van der Waals surface area (Å²) in [6.07, 6.45) is 1.40. The molecular weight excluding hydrogens is 508 g/mol. The number of carbonyl (C=O) groups excluding carboxylic acids is 2. The molecule has 0 fully saturated rings. The minimum atomic E-state index is -1.03. The quantitative estimate of drug-likeness (QED) is 0.201. The Morgan fingerprint density at radius 3 is 2.55 bits per heavy atom. The average molecular weight is 535 g/mol. The van der Waals surface area contributed by atoms with Gasteiger partial charge in [0.15, 0.2) is 11.5 Å². The maximum atomic E-state index is 12.9. The van der Waals surface area contributed by atoms with E-state index >= 15 is 0 Å². The molecule has 1 aromatic heterocycles. The molecule has 2 N–H and O–H groups in total. The molecule has 2 aromatic carbocycles. The van der Waals surface area contributed by atoms with Crippen molar-refractivity contribution in [3.63, 3.8) is 0 Å². The zero-order chi connectivity index (χ0) is 27.8. The van der Waals surface area contributed by atoms with Gasteiger partial charge in [-0.15, -0.1) is 11.3 Å². The van der Waals surface area contributed by atoms with E-state index in [9.17, 15) is 19.6 Å². The molecule has 1 amide bonds. The van der Waals surface area contributed by atoms with E-state index < -0.39 is 17.8 Å². The summed E-state index contributed by atoms with van der Waals surface area (Å²) in [6.45, 7) is 5.61. The van der Waals surface area contributed by atoms with Crippen LogP contribution in [0, 0.1) is 25.2 Å². The summed E-state index contributed by atoms with van der Waals surface area (Å²) >= 11 is 1.23. The molecule has 38 heavy (non-hydrogen) atoms. The highest BCUT2D eigenvalue weighted by Crippen LogP contribution is 2.34. The van der Waals surface area contributed by atoms with Gasteiger partial charge in [0.1, 0.15) is 23.3 Å². The lowest BCUT2D eigenvalue weighted by molar-refractivity contribution is -0.112. The van der Waals surface area contributed by atoms with Gasteiger partial charge in [-0.1, -0.05) is 18.2 Å². The Bertz CT molecular complexity index is 1450. The molecule has 3 aromatic rings. The summed E-state index contributed by atoms with van der Waals surface area (Å²) in [4.78, 5) is 37.3. The van der Waals surface area contributed by atoms with Gasteiger partial charge in [-0.25, -0.2) is 9.59 Å². The third kappa shape index (κ3) is 6.57. The standard InChI is InChI=1S/C28H26N2O7S/c1-5-36-28(34)24-16(2)17(3)38-26(24)30-25(31)21(14-29)11-18-9-10-22(23(13-18)35-4)37-15-19-7-6-8-20(12-19)27(32)33/h6-13H,5,15H2,1-4H3,(H,30,31)(H,32,33)/b21-11+. The molecule has 0 aliphatic heterocycles. The molecule has 0 bridgehead atoms. The first-order valence-corrected chi connectivity index (χ1v) is 12.3. The summed E-state index contributed by atoms with van der Waals surface area (Å²) in [5.74, 6) is -1.48. The van der Waals surface area contributed by atoms with Crippen molar-refractivity contribution in [2.45, 2.75) is 27.4 Å². The smallest absolute Gasteiger partial charge is 0.341 e. The molecule has 3 rings (SSSR count). The number of carbonyl (C=O) groups is 3. The van der Waals surface area contributed by atoms with Crippen molar-refractivity contribution in [1.29, 1.82) is 5.26 Å². The van der Waals surface area contributed by atoms with Crippen LogP contribution < -0.4 is 14.8 Å². The van der Waals surface area contributed by atoms with Gasteiger partial charge >= 0.3 is 11.9 Å². The SMILES string of the molecule is CCOC(=O)c1c(NC(=O)/C(C#N)=C/c2ccc(OCc3cccc(C(=O)O)c3)c(OC)c2)sc(C)c1C. The maximum Gasteiger partial charge on any atom is 0.341 e. The van der Waals surface area contributed by atoms with E-state index in [0.717, 1.165) is 4.88 Å². The Kier molecular flexibility index (Phi) is 9.24. The first-order chi connectivity index (χ1) is 18.2. The predicted octanol–water partition coefficient (Wildman–Crippen LogP) is 5.37. The number of ether oxygens (including phenoxy) is 3. The van der Waals surface area contributed by atoms with Crippen molar-refractivity contribution in [2.75, 3.05) is 19.0 Å². The molecule has 1 heterocycles. The van der Waals surface area contributed by atoms with Crippen LogP contribution in [-0.2, 0) is 16.1 Å². The zero-order valence-electron chi connectivity index (χ0n) is 21.3. The molecule has 0 saturated carbocycles. The number of benzene rings is 2. The van der Waals surface area contributed by atoms with E-state index in [0.29, 0.717) is 33.2 Å². The molecule has 0 saturated heterocycles. The molecule has 0 spiro atoms. The highest BCUT2D eigenvalue weighted by molar-refractivity contribution is 7.16. The molecule has 0 radical (unpaired) electrons. The Morgan fingerprint density at radius 2 is 1.89 bits per heavy atom. The van der Waals surface area contributed by atoms with Gasteiger partial charge in [0.25, 0.3) is 5.91 Å².